The van der Waals surface area contributed by atoms with Crippen LogP contribution in [0.2, 0.25) is 0 Å². The molecule has 172 valence electrons. The third-order valence-electron chi connectivity index (χ3n) is 6.99. The fraction of sp³-hybridized carbons (Fsp3) is 0.400. The van der Waals surface area contributed by atoms with Crippen molar-refractivity contribution in [3.05, 3.63) is 54.2 Å². The number of rotatable bonds is 9. The summed E-state index contributed by atoms with van der Waals surface area (Å²) in [4.78, 5) is 27.2. The molecule has 5 rings (SSSR count). The molecular weight excluding hydrogens is 414 g/mol. The lowest BCUT2D eigenvalue weighted by Gasteiger charge is -2.27. The zero-order chi connectivity index (χ0) is 22.9. The van der Waals surface area contributed by atoms with Gasteiger partial charge >= 0.3 is 0 Å². The van der Waals surface area contributed by atoms with Crippen LogP contribution >= 0.6 is 0 Å². The molecule has 5 N–H and O–H groups in total. The minimum atomic E-state index is -0.257. The average Bonchev–Trinajstić information content (AvgIpc) is 3.54. The lowest BCUT2D eigenvalue weighted by molar-refractivity contribution is -0.122. The Balaban J connectivity index is 1.41. The van der Waals surface area contributed by atoms with Crippen LogP contribution in [0.4, 0.5) is 17.5 Å². The largest absolute Gasteiger partial charge is 0.369 e. The predicted molar refractivity (Wildman–Crippen MR) is 131 cm³/mol. The van der Waals surface area contributed by atoms with Crippen molar-refractivity contribution in [1.82, 2.24) is 19.9 Å². The summed E-state index contributed by atoms with van der Waals surface area (Å²) in [6.07, 6.45) is 7.13. The van der Waals surface area contributed by atoms with E-state index in [1.807, 2.05) is 24.4 Å². The average molecular weight is 446 g/mol. The second kappa shape index (κ2) is 8.86. The molecular formula is C25H31N7O. The van der Waals surface area contributed by atoms with Crippen molar-refractivity contribution in [1.29, 1.82) is 0 Å². The molecule has 8 nitrogen and oxygen atoms in total. The molecule has 2 aliphatic carbocycles. The highest BCUT2D eigenvalue weighted by molar-refractivity contribution is 5.89. The van der Waals surface area contributed by atoms with Crippen LogP contribution in [0.5, 0.6) is 0 Å². The summed E-state index contributed by atoms with van der Waals surface area (Å²) >= 11 is 0. The van der Waals surface area contributed by atoms with E-state index in [1.54, 1.807) is 0 Å². The fourth-order valence-electron chi connectivity index (χ4n) is 5.25. The third kappa shape index (κ3) is 4.18. The maximum atomic E-state index is 12.2. The summed E-state index contributed by atoms with van der Waals surface area (Å²) < 4.78 is 0. The highest BCUT2D eigenvalue weighted by Gasteiger charge is 2.47. The summed E-state index contributed by atoms with van der Waals surface area (Å²) in [6.45, 7) is 7.28. The van der Waals surface area contributed by atoms with Gasteiger partial charge in [0.2, 0.25) is 11.9 Å². The lowest BCUT2D eigenvalue weighted by atomic mass is 9.88. The summed E-state index contributed by atoms with van der Waals surface area (Å²) in [5, 5.41) is 7.80. The summed E-state index contributed by atoms with van der Waals surface area (Å²) in [6, 6.07) is 10.2. The Morgan fingerprint density at radius 2 is 2.00 bits per heavy atom. The van der Waals surface area contributed by atoms with E-state index < -0.39 is 0 Å². The van der Waals surface area contributed by atoms with E-state index in [-0.39, 0.29) is 29.7 Å². The van der Waals surface area contributed by atoms with Crippen molar-refractivity contribution in [2.24, 2.45) is 23.5 Å². The Labute approximate surface area is 193 Å². The summed E-state index contributed by atoms with van der Waals surface area (Å²) in [5.41, 5.74) is 8.67. The molecule has 2 aliphatic rings. The van der Waals surface area contributed by atoms with Crippen molar-refractivity contribution in [2.45, 2.75) is 32.9 Å². The summed E-state index contributed by atoms with van der Waals surface area (Å²) in [5.74, 6) is 1.22. The van der Waals surface area contributed by atoms with Crippen molar-refractivity contribution in [3.63, 3.8) is 0 Å². The van der Waals surface area contributed by atoms with E-state index in [1.165, 1.54) is 5.56 Å². The third-order valence-corrected chi connectivity index (χ3v) is 6.99. The first-order chi connectivity index (χ1) is 16.1. The number of nitrogens with one attached hydrogen (secondary N) is 3. The number of allylic oxidation sites excluding steroid dienone is 1. The van der Waals surface area contributed by atoms with Gasteiger partial charge < -0.3 is 21.4 Å². The minimum absolute atomic E-state index is 0.0595. The molecule has 8 heteroatoms. The number of carbonyl (C=O) groups excluding carboxylic acids is 1. The number of amides is 1. The standard InChI is InChI=1S/C25H31N7O/c1-3-32(4-2)14-15-6-5-7-18(12-15)28-25-30-23-19(10-11-27-23)24(31-25)29-21-17-9-8-16(13-17)20(21)22(26)33/h5-12,16-17,20-21H,3-4,13-14H2,1-2H3,(H2,26,33)(H3,27,28,29,30,31). The molecule has 0 saturated heterocycles. The first-order valence-electron chi connectivity index (χ1n) is 11.7. The maximum Gasteiger partial charge on any atom is 0.231 e. The number of primary amides is 1. The first kappa shape index (κ1) is 21.5. The highest BCUT2D eigenvalue weighted by atomic mass is 16.1. The monoisotopic (exact) mass is 445 g/mol. The van der Waals surface area contributed by atoms with Gasteiger partial charge in [-0.3, -0.25) is 9.69 Å². The number of benzene rings is 1. The quantitative estimate of drug-likeness (QED) is 0.374. The van der Waals surface area contributed by atoms with Gasteiger partial charge in [0, 0.05) is 24.5 Å². The number of nitrogens with two attached hydrogens (primary N) is 1. The van der Waals surface area contributed by atoms with Crippen LogP contribution in [0.3, 0.4) is 0 Å². The predicted octanol–water partition coefficient (Wildman–Crippen LogP) is 3.63. The van der Waals surface area contributed by atoms with Gasteiger partial charge in [0.25, 0.3) is 0 Å². The maximum absolute atomic E-state index is 12.2. The zero-order valence-corrected chi connectivity index (χ0v) is 19.1. The second-order valence-electron chi connectivity index (χ2n) is 8.97. The van der Waals surface area contributed by atoms with Crippen LogP contribution in [0, 0.1) is 17.8 Å². The van der Waals surface area contributed by atoms with Gasteiger partial charge in [-0.1, -0.05) is 38.1 Å². The SMILES string of the molecule is CCN(CC)Cc1cccc(Nc2nc(NC3C4C=CC(C4)C3C(N)=O)c3cc[nH]c3n2)c1. The van der Waals surface area contributed by atoms with Crippen LogP contribution in [-0.2, 0) is 11.3 Å². The Kier molecular flexibility index (Phi) is 5.76. The molecule has 2 aromatic heterocycles. The molecule has 0 radical (unpaired) electrons. The van der Waals surface area contributed by atoms with E-state index in [2.05, 4.69) is 63.6 Å². The topological polar surface area (TPSA) is 112 Å². The normalized spacial score (nSPS) is 23.5. The molecule has 1 fully saturated rings. The number of anilines is 3. The van der Waals surface area contributed by atoms with Gasteiger partial charge in [0.1, 0.15) is 11.5 Å². The van der Waals surface area contributed by atoms with Crippen LogP contribution in [0.15, 0.2) is 48.7 Å². The Morgan fingerprint density at radius 1 is 1.18 bits per heavy atom. The fourth-order valence-corrected chi connectivity index (χ4v) is 5.25. The van der Waals surface area contributed by atoms with Gasteiger partial charge in [-0.2, -0.15) is 9.97 Å². The molecule has 4 unspecified atom stereocenters. The molecule has 3 aromatic rings. The number of hydrogen-bond donors (Lipinski definition) is 4. The van der Waals surface area contributed by atoms with Gasteiger partial charge in [-0.15, -0.1) is 0 Å². The molecule has 2 bridgehead atoms. The van der Waals surface area contributed by atoms with Crippen LogP contribution in [0.25, 0.3) is 11.0 Å². The van der Waals surface area contributed by atoms with E-state index in [4.69, 9.17) is 10.7 Å². The van der Waals surface area contributed by atoms with Crippen LogP contribution in [-0.4, -0.2) is 44.9 Å². The Bertz CT molecular complexity index is 1180. The minimum Gasteiger partial charge on any atom is -0.369 e. The van der Waals surface area contributed by atoms with Gasteiger partial charge in [-0.25, -0.2) is 0 Å². The smallest absolute Gasteiger partial charge is 0.231 e. The van der Waals surface area contributed by atoms with Crippen LogP contribution < -0.4 is 16.4 Å². The molecule has 0 spiro atoms. The zero-order valence-electron chi connectivity index (χ0n) is 19.1. The number of aromatic amines is 1. The number of nitrogens with zero attached hydrogens (tertiary/aromatic N) is 3. The Hall–Kier alpha value is -3.39. The van der Waals surface area contributed by atoms with E-state index in [0.717, 1.165) is 42.8 Å². The van der Waals surface area contributed by atoms with E-state index >= 15 is 0 Å². The van der Waals surface area contributed by atoms with Crippen molar-refractivity contribution >= 4 is 34.4 Å². The molecule has 33 heavy (non-hydrogen) atoms. The van der Waals surface area contributed by atoms with Gasteiger partial charge in [0.15, 0.2) is 0 Å². The number of hydrogen-bond acceptors (Lipinski definition) is 6. The van der Waals surface area contributed by atoms with Crippen molar-refractivity contribution in [3.8, 4) is 0 Å². The molecule has 1 amide bonds. The number of H-pyrrole nitrogens is 1. The molecule has 1 saturated carbocycles. The second-order valence-corrected chi connectivity index (χ2v) is 8.97. The molecule has 0 aliphatic heterocycles. The first-order valence-corrected chi connectivity index (χ1v) is 11.7. The van der Waals surface area contributed by atoms with Crippen molar-refractivity contribution in [2.75, 3.05) is 23.7 Å². The molecule has 1 aromatic carbocycles. The van der Waals surface area contributed by atoms with Crippen LogP contribution in [0.1, 0.15) is 25.8 Å². The van der Waals surface area contributed by atoms with Crippen molar-refractivity contribution < 1.29 is 4.79 Å². The van der Waals surface area contributed by atoms with E-state index in [0.29, 0.717) is 11.8 Å². The molecule has 4 atom stereocenters. The number of carbonyl (C=O) groups is 1. The lowest BCUT2D eigenvalue weighted by Crippen LogP contribution is -2.41. The summed E-state index contributed by atoms with van der Waals surface area (Å²) in [7, 11) is 0. The van der Waals surface area contributed by atoms with E-state index in [9.17, 15) is 4.79 Å². The van der Waals surface area contributed by atoms with Gasteiger partial charge in [0.05, 0.1) is 11.3 Å². The number of fused-ring (bicyclic) bond motifs is 3. The number of aromatic nitrogens is 3. The Morgan fingerprint density at radius 3 is 2.79 bits per heavy atom. The van der Waals surface area contributed by atoms with Gasteiger partial charge in [-0.05, 0) is 55.1 Å². The highest BCUT2D eigenvalue weighted by Crippen LogP contribution is 2.45. The molecule has 2 heterocycles.